The van der Waals surface area contributed by atoms with E-state index in [1.54, 1.807) is 0 Å². The fraction of sp³-hybridized carbons (Fsp3) is 0.0500. The Balaban J connectivity index is 2.10. The van der Waals surface area contributed by atoms with E-state index in [9.17, 15) is 0 Å². The number of aromatic nitrogens is 2. The van der Waals surface area contributed by atoms with Crippen LogP contribution in [0.2, 0.25) is 5.02 Å². The molecule has 0 radical (unpaired) electrons. The van der Waals surface area contributed by atoms with E-state index in [-0.39, 0.29) is 0 Å². The number of halogens is 1. The first-order chi connectivity index (χ1) is 11.2. The van der Waals surface area contributed by atoms with E-state index >= 15 is 0 Å². The van der Waals surface area contributed by atoms with Gasteiger partial charge in [-0.05, 0) is 30.5 Å². The van der Waals surface area contributed by atoms with Crippen LogP contribution in [0, 0.1) is 6.92 Å². The molecular formula is C20H13ClN2. The van der Waals surface area contributed by atoms with Gasteiger partial charge in [0.15, 0.2) is 0 Å². The van der Waals surface area contributed by atoms with Crippen LogP contribution in [-0.2, 0) is 0 Å². The average molecular weight is 317 g/mol. The van der Waals surface area contributed by atoms with E-state index in [1.807, 2.05) is 18.2 Å². The molecule has 0 aliphatic rings. The molecule has 3 aromatic carbocycles. The molecule has 0 atom stereocenters. The molecule has 1 N–H and O–H groups in total. The molecule has 0 bridgehead atoms. The van der Waals surface area contributed by atoms with Gasteiger partial charge in [0.05, 0.1) is 16.6 Å². The minimum absolute atomic E-state index is 0.730. The van der Waals surface area contributed by atoms with E-state index in [0.717, 1.165) is 32.7 Å². The first kappa shape index (κ1) is 12.9. The van der Waals surface area contributed by atoms with Gasteiger partial charge in [-0.1, -0.05) is 48.0 Å². The molecule has 5 rings (SSSR count). The summed E-state index contributed by atoms with van der Waals surface area (Å²) >= 11 is 6.21. The zero-order valence-electron chi connectivity index (χ0n) is 12.5. The highest BCUT2D eigenvalue weighted by molar-refractivity contribution is 6.32. The van der Waals surface area contributed by atoms with Crippen LogP contribution >= 0.6 is 11.6 Å². The maximum Gasteiger partial charge on any atom is 0.0727 e. The fourth-order valence-electron chi connectivity index (χ4n) is 3.56. The van der Waals surface area contributed by atoms with Crippen molar-refractivity contribution in [3.63, 3.8) is 0 Å². The maximum atomic E-state index is 6.21. The topological polar surface area (TPSA) is 28.7 Å². The SMILES string of the molecule is Cc1nc2ccc(Cl)cc2c2[nH]c3c4ccccc4ccc3c12. The first-order valence-electron chi connectivity index (χ1n) is 7.61. The van der Waals surface area contributed by atoms with Gasteiger partial charge < -0.3 is 4.98 Å². The van der Waals surface area contributed by atoms with Crippen molar-refractivity contribution >= 4 is 55.1 Å². The minimum atomic E-state index is 0.730. The molecule has 0 saturated carbocycles. The molecular weight excluding hydrogens is 304 g/mol. The number of H-pyrrole nitrogens is 1. The molecule has 0 amide bonds. The molecule has 0 fully saturated rings. The van der Waals surface area contributed by atoms with E-state index in [2.05, 4.69) is 48.3 Å². The van der Waals surface area contributed by atoms with Gasteiger partial charge in [-0.3, -0.25) is 4.98 Å². The first-order valence-corrected chi connectivity index (χ1v) is 7.99. The van der Waals surface area contributed by atoms with Crippen molar-refractivity contribution in [3.8, 4) is 0 Å². The van der Waals surface area contributed by atoms with Crippen molar-refractivity contribution < 1.29 is 0 Å². The number of hydrogen-bond acceptors (Lipinski definition) is 1. The van der Waals surface area contributed by atoms with Gasteiger partial charge in [0.1, 0.15) is 0 Å². The molecule has 2 nitrogen and oxygen atoms in total. The summed E-state index contributed by atoms with van der Waals surface area (Å²) in [6.45, 7) is 2.07. The lowest BCUT2D eigenvalue weighted by Crippen LogP contribution is -1.86. The Labute approximate surface area is 137 Å². The predicted molar refractivity (Wildman–Crippen MR) is 98.4 cm³/mol. The summed E-state index contributed by atoms with van der Waals surface area (Å²) in [5, 5.41) is 6.66. The summed E-state index contributed by atoms with van der Waals surface area (Å²) in [6, 6.07) is 18.7. The summed E-state index contributed by atoms with van der Waals surface area (Å²) in [6.07, 6.45) is 0. The molecule has 5 aromatic rings. The molecule has 110 valence electrons. The molecule has 0 spiro atoms. The number of benzene rings is 3. The number of pyridine rings is 1. The van der Waals surface area contributed by atoms with Gasteiger partial charge >= 0.3 is 0 Å². The molecule has 0 aliphatic heterocycles. The van der Waals surface area contributed by atoms with Crippen molar-refractivity contribution in [1.82, 2.24) is 9.97 Å². The Morgan fingerprint density at radius 3 is 2.65 bits per heavy atom. The third kappa shape index (κ3) is 1.73. The largest absolute Gasteiger partial charge is 0.353 e. The second-order valence-corrected chi connectivity index (χ2v) is 6.38. The van der Waals surface area contributed by atoms with Crippen molar-refractivity contribution in [2.24, 2.45) is 0 Å². The third-order valence-electron chi connectivity index (χ3n) is 4.58. The number of nitrogens with zero attached hydrogens (tertiary/aromatic N) is 1. The van der Waals surface area contributed by atoms with Crippen molar-refractivity contribution in [2.45, 2.75) is 6.92 Å². The third-order valence-corrected chi connectivity index (χ3v) is 4.81. The zero-order valence-corrected chi connectivity index (χ0v) is 13.3. The molecule has 3 heteroatoms. The lowest BCUT2D eigenvalue weighted by molar-refractivity contribution is 1.29. The number of rotatable bonds is 0. The summed E-state index contributed by atoms with van der Waals surface area (Å²) in [4.78, 5) is 8.40. The Morgan fingerprint density at radius 2 is 1.74 bits per heavy atom. The maximum absolute atomic E-state index is 6.21. The monoisotopic (exact) mass is 316 g/mol. The standard InChI is InChI=1S/C20H13ClN2/c1-11-18-15-8-6-12-4-2-3-5-14(12)19(15)23-20(18)16-10-13(21)7-9-17(16)22-11/h2-10,23H,1H3. The van der Waals surface area contributed by atoms with E-state index < -0.39 is 0 Å². The van der Waals surface area contributed by atoms with Gasteiger partial charge in [0, 0.05) is 32.3 Å². The lowest BCUT2D eigenvalue weighted by Gasteiger charge is -2.03. The van der Waals surface area contributed by atoms with Crippen LogP contribution in [0.4, 0.5) is 0 Å². The van der Waals surface area contributed by atoms with E-state index in [1.165, 1.54) is 21.5 Å². The Hall–Kier alpha value is -2.58. The Bertz CT molecular complexity index is 1230. The van der Waals surface area contributed by atoms with Crippen LogP contribution in [0.3, 0.4) is 0 Å². The van der Waals surface area contributed by atoms with Crippen LogP contribution in [-0.4, -0.2) is 9.97 Å². The predicted octanol–water partition coefficient (Wildman–Crippen LogP) is 5.98. The van der Waals surface area contributed by atoms with Gasteiger partial charge in [-0.2, -0.15) is 0 Å². The molecule has 0 aliphatic carbocycles. The highest BCUT2D eigenvalue weighted by atomic mass is 35.5. The number of aromatic amines is 1. The fourth-order valence-corrected chi connectivity index (χ4v) is 3.73. The molecule has 0 unspecified atom stereocenters. The van der Waals surface area contributed by atoms with Gasteiger partial charge in [-0.25, -0.2) is 0 Å². The van der Waals surface area contributed by atoms with Gasteiger partial charge in [0.2, 0.25) is 0 Å². The number of hydrogen-bond donors (Lipinski definition) is 1. The zero-order chi connectivity index (χ0) is 15.6. The molecule has 2 heterocycles. The minimum Gasteiger partial charge on any atom is -0.353 e. The van der Waals surface area contributed by atoms with Crippen molar-refractivity contribution in [3.05, 3.63) is 65.3 Å². The lowest BCUT2D eigenvalue weighted by atomic mass is 10.0. The summed E-state index contributed by atoms with van der Waals surface area (Å²) in [7, 11) is 0. The van der Waals surface area contributed by atoms with E-state index in [0.29, 0.717) is 0 Å². The molecule has 2 aromatic heterocycles. The van der Waals surface area contributed by atoms with Crippen LogP contribution in [0.1, 0.15) is 5.69 Å². The van der Waals surface area contributed by atoms with Crippen LogP contribution in [0.15, 0.2) is 54.6 Å². The van der Waals surface area contributed by atoms with Crippen LogP contribution < -0.4 is 0 Å². The molecule has 0 saturated heterocycles. The Morgan fingerprint density at radius 1 is 0.870 bits per heavy atom. The van der Waals surface area contributed by atoms with E-state index in [4.69, 9.17) is 16.6 Å². The summed E-state index contributed by atoms with van der Waals surface area (Å²) < 4.78 is 0. The average Bonchev–Trinajstić information content (AvgIpc) is 2.96. The highest BCUT2D eigenvalue weighted by Gasteiger charge is 2.13. The quantitative estimate of drug-likeness (QED) is 0.374. The normalized spacial score (nSPS) is 11.9. The van der Waals surface area contributed by atoms with Crippen LogP contribution in [0.25, 0.3) is 43.5 Å². The van der Waals surface area contributed by atoms with Crippen molar-refractivity contribution in [2.75, 3.05) is 0 Å². The number of aryl methyl sites for hydroxylation is 1. The summed E-state index contributed by atoms with van der Waals surface area (Å²) in [5.74, 6) is 0. The van der Waals surface area contributed by atoms with Gasteiger partial charge in [-0.15, -0.1) is 0 Å². The Kier molecular flexibility index (Phi) is 2.51. The smallest absolute Gasteiger partial charge is 0.0727 e. The van der Waals surface area contributed by atoms with Crippen LogP contribution in [0.5, 0.6) is 0 Å². The number of nitrogens with one attached hydrogen (secondary N) is 1. The second-order valence-electron chi connectivity index (χ2n) is 5.94. The highest BCUT2D eigenvalue weighted by Crippen LogP contribution is 2.36. The number of fused-ring (bicyclic) bond motifs is 7. The summed E-state index contributed by atoms with van der Waals surface area (Å²) in [5.41, 5.74) is 4.28. The van der Waals surface area contributed by atoms with Crippen molar-refractivity contribution in [1.29, 1.82) is 0 Å². The second kappa shape index (κ2) is 4.46. The van der Waals surface area contributed by atoms with Gasteiger partial charge in [0.25, 0.3) is 0 Å². The molecule has 23 heavy (non-hydrogen) atoms.